The number of rotatable bonds is 3. The number of nitrogens with two attached hydrogens (primary N) is 1. The molecular weight excluding hydrogens is 200 g/mol. The molecule has 0 unspecified atom stereocenters. The van der Waals surface area contributed by atoms with Crippen molar-refractivity contribution in [1.82, 2.24) is 15.1 Å². The third-order valence-corrected chi connectivity index (χ3v) is 2.46. The number of hydrogen-bond donors (Lipinski definition) is 2. The first kappa shape index (κ1) is 10.7. The molecule has 0 saturated carbocycles. The number of benzene rings is 1. The lowest BCUT2D eigenvalue weighted by Gasteiger charge is -2.13. The van der Waals surface area contributed by atoms with Crippen LogP contribution in [0.3, 0.4) is 0 Å². The second-order valence-electron chi connectivity index (χ2n) is 4.09. The molecule has 0 fully saturated rings. The van der Waals surface area contributed by atoms with E-state index in [0.29, 0.717) is 5.82 Å². The van der Waals surface area contributed by atoms with E-state index in [9.17, 15) is 0 Å². The first-order valence-electron chi connectivity index (χ1n) is 5.20. The van der Waals surface area contributed by atoms with Crippen LogP contribution in [-0.4, -0.2) is 29.2 Å². The van der Waals surface area contributed by atoms with Crippen LogP contribution in [0.2, 0.25) is 0 Å². The molecule has 0 aliphatic heterocycles. The van der Waals surface area contributed by atoms with Crippen LogP contribution < -0.4 is 5.73 Å². The minimum Gasteiger partial charge on any atom is -0.384 e. The van der Waals surface area contributed by atoms with E-state index in [0.717, 1.165) is 17.7 Å². The summed E-state index contributed by atoms with van der Waals surface area (Å²) in [6.45, 7) is 0.890. The SMILES string of the molecule is CN(C)Cc1ccccc1-c1cn[nH]c1N. The first-order valence-corrected chi connectivity index (χ1v) is 5.20. The van der Waals surface area contributed by atoms with Crippen molar-refractivity contribution in [3.05, 3.63) is 36.0 Å². The van der Waals surface area contributed by atoms with E-state index in [-0.39, 0.29) is 0 Å². The van der Waals surface area contributed by atoms with Gasteiger partial charge in [0, 0.05) is 12.1 Å². The Bertz CT molecular complexity index is 473. The molecule has 1 aromatic heterocycles. The van der Waals surface area contributed by atoms with Crippen molar-refractivity contribution in [3.63, 3.8) is 0 Å². The normalized spacial score (nSPS) is 10.9. The van der Waals surface area contributed by atoms with Gasteiger partial charge in [0.2, 0.25) is 0 Å². The Balaban J connectivity index is 2.44. The Morgan fingerprint density at radius 1 is 1.25 bits per heavy atom. The minimum absolute atomic E-state index is 0.617. The van der Waals surface area contributed by atoms with Crippen LogP contribution in [0.4, 0.5) is 5.82 Å². The van der Waals surface area contributed by atoms with Crippen LogP contribution in [0.25, 0.3) is 11.1 Å². The predicted octanol–water partition coefficient (Wildman–Crippen LogP) is 1.72. The number of nitrogen functional groups attached to an aromatic ring is 1. The van der Waals surface area contributed by atoms with Gasteiger partial charge >= 0.3 is 0 Å². The second kappa shape index (κ2) is 4.37. The maximum atomic E-state index is 5.84. The molecule has 3 N–H and O–H groups in total. The van der Waals surface area contributed by atoms with Crippen LogP contribution >= 0.6 is 0 Å². The highest BCUT2D eigenvalue weighted by Crippen LogP contribution is 2.27. The Morgan fingerprint density at radius 3 is 2.62 bits per heavy atom. The molecular formula is C12H16N4. The van der Waals surface area contributed by atoms with Gasteiger partial charge in [-0.15, -0.1) is 0 Å². The quantitative estimate of drug-likeness (QED) is 0.821. The Morgan fingerprint density at radius 2 is 2.00 bits per heavy atom. The highest BCUT2D eigenvalue weighted by Gasteiger charge is 2.09. The molecule has 0 saturated heterocycles. The third kappa shape index (κ3) is 2.06. The predicted molar refractivity (Wildman–Crippen MR) is 65.8 cm³/mol. The Hall–Kier alpha value is -1.81. The molecule has 4 nitrogen and oxygen atoms in total. The standard InChI is InChI=1S/C12H16N4/c1-16(2)8-9-5-3-4-6-10(9)11-7-14-15-12(11)13/h3-7H,8H2,1-2H3,(H3,13,14,15). The van der Waals surface area contributed by atoms with Gasteiger partial charge < -0.3 is 10.6 Å². The van der Waals surface area contributed by atoms with Gasteiger partial charge in [0.1, 0.15) is 5.82 Å². The van der Waals surface area contributed by atoms with E-state index in [4.69, 9.17) is 5.73 Å². The molecule has 0 atom stereocenters. The maximum absolute atomic E-state index is 5.84. The van der Waals surface area contributed by atoms with Crippen LogP contribution in [0, 0.1) is 0 Å². The second-order valence-corrected chi connectivity index (χ2v) is 4.09. The number of hydrogen-bond acceptors (Lipinski definition) is 3. The first-order chi connectivity index (χ1) is 7.68. The molecule has 0 spiro atoms. The van der Waals surface area contributed by atoms with Crippen LogP contribution in [-0.2, 0) is 6.54 Å². The summed E-state index contributed by atoms with van der Waals surface area (Å²) in [5.74, 6) is 0.617. The molecule has 0 aliphatic rings. The fourth-order valence-corrected chi connectivity index (χ4v) is 1.77. The van der Waals surface area contributed by atoms with Gasteiger partial charge in [-0.1, -0.05) is 24.3 Å². The fourth-order valence-electron chi connectivity index (χ4n) is 1.77. The molecule has 16 heavy (non-hydrogen) atoms. The summed E-state index contributed by atoms with van der Waals surface area (Å²) in [5, 5.41) is 6.72. The molecule has 0 amide bonds. The van der Waals surface area contributed by atoms with Crippen LogP contribution in [0.1, 0.15) is 5.56 Å². The lowest BCUT2D eigenvalue weighted by Crippen LogP contribution is -2.11. The van der Waals surface area contributed by atoms with Crippen molar-refractivity contribution in [3.8, 4) is 11.1 Å². The van der Waals surface area contributed by atoms with Gasteiger partial charge in [0.05, 0.1) is 6.20 Å². The van der Waals surface area contributed by atoms with E-state index < -0.39 is 0 Å². The molecule has 2 rings (SSSR count). The molecule has 0 aliphatic carbocycles. The summed E-state index contributed by atoms with van der Waals surface area (Å²) in [6.07, 6.45) is 1.77. The Labute approximate surface area is 95.1 Å². The van der Waals surface area contributed by atoms with Crippen LogP contribution in [0.15, 0.2) is 30.5 Å². The van der Waals surface area contributed by atoms with E-state index in [1.807, 2.05) is 12.1 Å². The third-order valence-electron chi connectivity index (χ3n) is 2.46. The summed E-state index contributed by atoms with van der Waals surface area (Å²) in [4.78, 5) is 2.13. The fraction of sp³-hybridized carbons (Fsp3) is 0.250. The zero-order valence-corrected chi connectivity index (χ0v) is 9.57. The smallest absolute Gasteiger partial charge is 0.126 e. The van der Waals surface area contributed by atoms with Crippen LogP contribution in [0.5, 0.6) is 0 Å². The van der Waals surface area contributed by atoms with Crippen molar-refractivity contribution in [2.24, 2.45) is 0 Å². The van der Waals surface area contributed by atoms with Crippen molar-refractivity contribution in [1.29, 1.82) is 0 Å². The molecule has 1 aromatic carbocycles. The summed E-state index contributed by atoms with van der Waals surface area (Å²) in [6, 6.07) is 8.24. The van der Waals surface area contributed by atoms with Crippen molar-refractivity contribution < 1.29 is 0 Å². The monoisotopic (exact) mass is 216 g/mol. The summed E-state index contributed by atoms with van der Waals surface area (Å²) in [5.41, 5.74) is 9.20. The van der Waals surface area contributed by atoms with Gasteiger partial charge in [0.25, 0.3) is 0 Å². The Kier molecular flexibility index (Phi) is 2.92. The van der Waals surface area contributed by atoms with E-state index in [2.05, 4.69) is 41.3 Å². The summed E-state index contributed by atoms with van der Waals surface area (Å²) in [7, 11) is 4.10. The van der Waals surface area contributed by atoms with Crippen molar-refractivity contribution in [2.45, 2.75) is 6.54 Å². The van der Waals surface area contributed by atoms with Crippen molar-refractivity contribution in [2.75, 3.05) is 19.8 Å². The number of anilines is 1. The average Bonchev–Trinajstić information content (AvgIpc) is 2.64. The van der Waals surface area contributed by atoms with E-state index >= 15 is 0 Å². The molecule has 2 aromatic rings. The molecule has 0 bridgehead atoms. The molecule has 0 radical (unpaired) electrons. The number of nitrogens with one attached hydrogen (secondary N) is 1. The minimum atomic E-state index is 0.617. The zero-order valence-electron chi connectivity index (χ0n) is 9.57. The maximum Gasteiger partial charge on any atom is 0.126 e. The topological polar surface area (TPSA) is 57.9 Å². The highest BCUT2D eigenvalue weighted by molar-refractivity contribution is 5.75. The molecule has 4 heteroatoms. The van der Waals surface area contributed by atoms with Crippen molar-refractivity contribution >= 4 is 5.82 Å². The summed E-state index contributed by atoms with van der Waals surface area (Å²) >= 11 is 0. The highest BCUT2D eigenvalue weighted by atomic mass is 15.1. The zero-order chi connectivity index (χ0) is 11.5. The largest absolute Gasteiger partial charge is 0.384 e. The number of aromatic amines is 1. The van der Waals surface area contributed by atoms with Gasteiger partial charge in [0.15, 0.2) is 0 Å². The number of aromatic nitrogens is 2. The summed E-state index contributed by atoms with van der Waals surface area (Å²) < 4.78 is 0. The van der Waals surface area contributed by atoms with E-state index in [1.165, 1.54) is 5.56 Å². The van der Waals surface area contributed by atoms with Gasteiger partial charge in [-0.05, 0) is 25.2 Å². The lowest BCUT2D eigenvalue weighted by molar-refractivity contribution is 0.403. The lowest BCUT2D eigenvalue weighted by atomic mass is 10.0. The number of nitrogens with zero attached hydrogens (tertiary/aromatic N) is 2. The molecule has 1 heterocycles. The number of H-pyrrole nitrogens is 1. The van der Waals surface area contributed by atoms with E-state index in [1.54, 1.807) is 6.20 Å². The average molecular weight is 216 g/mol. The molecule has 84 valence electrons. The van der Waals surface area contributed by atoms with Gasteiger partial charge in [-0.2, -0.15) is 5.10 Å². The van der Waals surface area contributed by atoms with Gasteiger partial charge in [-0.25, -0.2) is 0 Å². The van der Waals surface area contributed by atoms with Gasteiger partial charge in [-0.3, -0.25) is 5.10 Å².